The van der Waals surface area contributed by atoms with Gasteiger partial charge in [-0.25, -0.2) is 4.98 Å². The van der Waals surface area contributed by atoms with E-state index in [0.29, 0.717) is 6.54 Å². The first-order valence-corrected chi connectivity index (χ1v) is 8.11. The van der Waals surface area contributed by atoms with Crippen LogP contribution in [0.1, 0.15) is 43.8 Å². The van der Waals surface area contributed by atoms with Crippen LogP contribution in [0.2, 0.25) is 0 Å². The standard InChI is InChI=1S/C16H24N4S/c1-5-20(11-12-6-8-18-9-7-12)15-19-14(16(2,3)4)13(10-17)21-15/h6-9H,5,10-11,17H2,1-4H3. The van der Waals surface area contributed by atoms with Crippen LogP contribution in [0.5, 0.6) is 0 Å². The summed E-state index contributed by atoms with van der Waals surface area (Å²) < 4.78 is 0. The number of nitrogens with two attached hydrogens (primary N) is 1. The highest BCUT2D eigenvalue weighted by Gasteiger charge is 2.24. The van der Waals surface area contributed by atoms with Crippen molar-refractivity contribution in [2.75, 3.05) is 11.4 Å². The Labute approximate surface area is 131 Å². The molecular formula is C16H24N4S. The van der Waals surface area contributed by atoms with Crippen molar-refractivity contribution >= 4 is 16.5 Å². The summed E-state index contributed by atoms with van der Waals surface area (Å²) in [4.78, 5) is 12.4. The quantitative estimate of drug-likeness (QED) is 0.920. The third-order valence-corrected chi connectivity index (χ3v) is 4.50. The zero-order valence-electron chi connectivity index (χ0n) is 13.3. The van der Waals surface area contributed by atoms with Crippen molar-refractivity contribution < 1.29 is 0 Å². The molecule has 5 heteroatoms. The topological polar surface area (TPSA) is 55.0 Å². The molecule has 4 nitrogen and oxygen atoms in total. The first-order chi connectivity index (χ1) is 9.95. The van der Waals surface area contributed by atoms with Gasteiger partial charge in [0.05, 0.1) is 5.69 Å². The van der Waals surface area contributed by atoms with Crippen molar-refractivity contribution in [2.24, 2.45) is 5.73 Å². The van der Waals surface area contributed by atoms with Gasteiger partial charge in [0, 0.05) is 42.3 Å². The monoisotopic (exact) mass is 304 g/mol. The molecule has 0 saturated carbocycles. The Morgan fingerprint density at radius 1 is 1.24 bits per heavy atom. The summed E-state index contributed by atoms with van der Waals surface area (Å²) in [6.45, 7) is 11.0. The third kappa shape index (κ3) is 3.80. The SMILES string of the molecule is CCN(Cc1ccncc1)c1nc(C(C)(C)C)c(CN)s1. The minimum absolute atomic E-state index is 0.0273. The molecule has 114 valence electrons. The van der Waals surface area contributed by atoms with Crippen molar-refractivity contribution in [1.82, 2.24) is 9.97 Å². The summed E-state index contributed by atoms with van der Waals surface area (Å²) in [7, 11) is 0. The lowest BCUT2D eigenvalue weighted by Gasteiger charge is -2.20. The summed E-state index contributed by atoms with van der Waals surface area (Å²) in [5.41, 5.74) is 8.29. The van der Waals surface area contributed by atoms with Gasteiger partial charge in [-0.3, -0.25) is 4.98 Å². The molecule has 0 fully saturated rings. The predicted octanol–water partition coefficient (Wildman–Crippen LogP) is 3.32. The molecule has 2 rings (SSSR count). The summed E-state index contributed by atoms with van der Waals surface area (Å²) in [5.74, 6) is 0. The molecule has 0 atom stereocenters. The molecule has 0 aliphatic heterocycles. The lowest BCUT2D eigenvalue weighted by atomic mass is 9.91. The van der Waals surface area contributed by atoms with Crippen LogP contribution >= 0.6 is 11.3 Å². The fourth-order valence-corrected chi connectivity index (χ4v) is 3.43. The van der Waals surface area contributed by atoms with Gasteiger partial charge in [0.2, 0.25) is 0 Å². The Balaban J connectivity index is 2.28. The van der Waals surface area contributed by atoms with E-state index in [-0.39, 0.29) is 5.41 Å². The number of hydrogen-bond acceptors (Lipinski definition) is 5. The van der Waals surface area contributed by atoms with E-state index in [1.807, 2.05) is 24.5 Å². The first kappa shape index (κ1) is 15.9. The molecule has 0 saturated heterocycles. The molecule has 0 amide bonds. The summed E-state index contributed by atoms with van der Waals surface area (Å²) in [6.07, 6.45) is 3.66. The van der Waals surface area contributed by atoms with E-state index in [2.05, 4.69) is 37.6 Å². The van der Waals surface area contributed by atoms with Crippen molar-refractivity contribution in [3.05, 3.63) is 40.7 Å². The van der Waals surface area contributed by atoms with Gasteiger partial charge in [0.15, 0.2) is 5.13 Å². The maximum Gasteiger partial charge on any atom is 0.186 e. The second kappa shape index (κ2) is 6.54. The minimum Gasteiger partial charge on any atom is -0.344 e. The smallest absolute Gasteiger partial charge is 0.186 e. The summed E-state index contributed by atoms with van der Waals surface area (Å²) >= 11 is 1.71. The van der Waals surface area contributed by atoms with Crippen LogP contribution in [-0.2, 0) is 18.5 Å². The average Bonchev–Trinajstić information content (AvgIpc) is 2.90. The molecule has 2 aromatic rings. The van der Waals surface area contributed by atoms with Crippen LogP contribution in [0.25, 0.3) is 0 Å². The first-order valence-electron chi connectivity index (χ1n) is 7.29. The lowest BCUT2D eigenvalue weighted by molar-refractivity contribution is 0.565. The van der Waals surface area contributed by atoms with E-state index in [9.17, 15) is 0 Å². The molecule has 21 heavy (non-hydrogen) atoms. The van der Waals surface area contributed by atoms with Gasteiger partial charge in [-0.05, 0) is 24.6 Å². The average molecular weight is 304 g/mol. The maximum atomic E-state index is 5.90. The van der Waals surface area contributed by atoms with Crippen LogP contribution in [-0.4, -0.2) is 16.5 Å². The lowest BCUT2D eigenvalue weighted by Crippen LogP contribution is -2.22. The summed E-state index contributed by atoms with van der Waals surface area (Å²) in [5, 5.41) is 1.06. The highest BCUT2D eigenvalue weighted by Crippen LogP contribution is 2.34. The van der Waals surface area contributed by atoms with E-state index in [0.717, 1.165) is 23.9 Å². The molecule has 0 spiro atoms. The molecular weight excluding hydrogens is 280 g/mol. The Hall–Kier alpha value is -1.46. The fraction of sp³-hybridized carbons (Fsp3) is 0.500. The van der Waals surface area contributed by atoms with E-state index >= 15 is 0 Å². The number of pyridine rings is 1. The second-order valence-corrected chi connectivity index (χ2v) is 7.15. The second-order valence-electron chi connectivity index (χ2n) is 6.09. The molecule has 0 aromatic carbocycles. The molecule has 0 unspecified atom stereocenters. The normalized spacial score (nSPS) is 11.7. The zero-order valence-corrected chi connectivity index (χ0v) is 14.1. The predicted molar refractivity (Wildman–Crippen MR) is 89.7 cm³/mol. The number of hydrogen-bond donors (Lipinski definition) is 1. The Morgan fingerprint density at radius 2 is 1.90 bits per heavy atom. The number of aromatic nitrogens is 2. The van der Waals surface area contributed by atoms with Crippen LogP contribution < -0.4 is 10.6 Å². The van der Waals surface area contributed by atoms with E-state index in [1.54, 1.807) is 11.3 Å². The number of rotatable bonds is 5. The fourth-order valence-electron chi connectivity index (χ4n) is 2.22. The van der Waals surface area contributed by atoms with Gasteiger partial charge in [-0.1, -0.05) is 20.8 Å². The molecule has 0 aliphatic carbocycles. The van der Waals surface area contributed by atoms with Crippen LogP contribution in [0, 0.1) is 0 Å². The van der Waals surface area contributed by atoms with Gasteiger partial charge >= 0.3 is 0 Å². The maximum absolute atomic E-state index is 5.90. The highest BCUT2D eigenvalue weighted by atomic mass is 32.1. The Morgan fingerprint density at radius 3 is 2.38 bits per heavy atom. The molecule has 0 aliphatic rings. The van der Waals surface area contributed by atoms with E-state index in [4.69, 9.17) is 10.7 Å². The molecule has 2 aromatic heterocycles. The third-order valence-electron chi connectivity index (χ3n) is 3.36. The number of nitrogens with zero attached hydrogens (tertiary/aromatic N) is 3. The van der Waals surface area contributed by atoms with E-state index in [1.165, 1.54) is 10.4 Å². The van der Waals surface area contributed by atoms with Gasteiger partial charge in [0.1, 0.15) is 0 Å². The van der Waals surface area contributed by atoms with Crippen LogP contribution in [0.3, 0.4) is 0 Å². The minimum atomic E-state index is 0.0273. The molecule has 0 bridgehead atoms. The number of thiazole rings is 1. The Kier molecular flexibility index (Phi) is 4.96. The molecule has 0 radical (unpaired) electrons. The van der Waals surface area contributed by atoms with Gasteiger partial charge in [-0.2, -0.15) is 0 Å². The number of anilines is 1. The van der Waals surface area contributed by atoms with Crippen molar-refractivity contribution in [1.29, 1.82) is 0 Å². The highest BCUT2D eigenvalue weighted by molar-refractivity contribution is 7.15. The van der Waals surface area contributed by atoms with E-state index < -0.39 is 0 Å². The molecule has 2 N–H and O–H groups in total. The largest absolute Gasteiger partial charge is 0.344 e. The summed E-state index contributed by atoms with van der Waals surface area (Å²) in [6, 6.07) is 4.09. The van der Waals surface area contributed by atoms with Crippen molar-refractivity contribution in [3.8, 4) is 0 Å². The van der Waals surface area contributed by atoms with Gasteiger partial charge in [0.25, 0.3) is 0 Å². The Bertz CT molecular complexity index is 572. The van der Waals surface area contributed by atoms with Crippen LogP contribution in [0.15, 0.2) is 24.5 Å². The van der Waals surface area contributed by atoms with Gasteiger partial charge in [-0.15, -0.1) is 11.3 Å². The van der Waals surface area contributed by atoms with Crippen LogP contribution in [0.4, 0.5) is 5.13 Å². The molecule has 2 heterocycles. The van der Waals surface area contributed by atoms with Crippen molar-refractivity contribution in [2.45, 2.75) is 46.2 Å². The van der Waals surface area contributed by atoms with Crippen molar-refractivity contribution in [3.63, 3.8) is 0 Å². The zero-order chi connectivity index (χ0) is 15.5. The van der Waals surface area contributed by atoms with Gasteiger partial charge < -0.3 is 10.6 Å².